The third-order valence-electron chi connectivity index (χ3n) is 5.22. The summed E-state index contributed by atoms with van der Waals surface area (Å²) in [5, 5.41) is 12.7. The van der Waals surface area contributed by atoms with Crippen molar-refractivity contribution >= 4 is 11.9 Å². The Morgan fingerprint density at radius 1 is 1.29 bits per heavy atom. The number of benzene rings is 1. The van der Waals surface area contributed by atoms with Crippen LogP contribution in [0.15, 0.2) is 42.6 Å². The minimum Gasteiger partial charge on any atom is -0.503 e. The first-order valence-corrected chi connectivity index (χ1v) is 10.3. The van der Waals surface area contributed by atoms with Crippen molar-refractivity contribution in [3.05, 3.63) is 53.9 Å². The maximum Gasteiger partial charge on any atom is 0.331 e. The van der Waals surface area contributed by atoms with Gasteiger partial charge in [-0.25, -0.2) is 9.78 Å². The summed E-state index contributed by atoms with van der Waals surface area (Å²) in [4.78, 5) is 29.1. The van der Waals surface area contributed by atoms with Gasteiger partial charge >= 0.3 is 5.97 Å². The van der Waals surface area contributed by atoms with Crippen LogP contribution in [0.1, 0.15) is 35.8 Å². The monoisotopic (exact) mass is 428 g/mol. The van der Waals surface area contributed by atoms with Gasteiger partial charge in [0.2, 0.25) is 0 Å². The van der Waals surface area contributed by atoms with Crippen LogP contribution < -0.4 is 10.1 Å². The number of carbonyl (C=O) groups is 2. The summed E-state index contributed by atoms with van der Waals surface area (Å²) in [5.74, 6) is -1.26. The third kappa shape index (κ3) is 6.18. The van der Waals surface area contributed by atoms with Gasteiger partial charge in [-0.2, -0.15) is 0 Å². The van der Waals surface area contributed by atoms with E-state index in [1.165, 1.54) is 24.9 Å². The standard InChI is InChI=1S/C23H28N2O6/c1-15-12-17(13-16-6-4-3-5-7-16)9-11-30-14-18(23(28)31-15)25-22(27)20-21(26)19(29-2)8-10-24-20/h3-8,10,15,17-18,26H,9,11-14H2,1-2H3,(H,25,27)/t15?,17?,18-/m0/s1. The Morgan fingerprint density at radius 2 is 2.06 bits per heavy atom. The van der Waals surface area contributed by atoms with Gasteiger partial charge < -0.3 is 24.6 Å². The van der Waals surface area contributed by atoms with E-state index in [1.807, 2.05) is 25.1 Å². The zero-order valence-corrected chi connectivity index (χ0v) is 17.7. The van der Waals surface area contributed by atoms with E-state index in [1.54, 1.807) is 0 Å². The molecule has 31 heavy (non-hydrogen) atoms. The number of pyridine rings is 1. The highest BCUT2D eigenvalue weighted by Crippen LogP contribution is 2.27. The molecular weight excluding hydrogens is 400 g/mol. The molecule has 2 heterocycles. The molecule has 0 aliphatic carbocycles. The summed E-state index contributed by atoms with van der Waals surface area (Å²) in [6.45, 7) is 2.29. The Morgan fingerprint density at radius 3 is 2.81 bits per heavy atom. The Kier molecular flexibility index (Phi) is 7.83. The molecule has 1 saturated heterocycles. The quantitative estimate of drug-likeness (QED) is 0.705. The highest BCUT2D eigenvalue weighted by molar-refractivity contribution is 5.98. The normalized spacial score (nSPS) is 22.3. The van der Waals surface area contributed by atoms with Crippen LogP contribution in [0, 0.1) is 5.92 Å². The highest BCUT2D eigenvalue weighted by Gasteiger charge is 2.29. The number of hydrogen-bond donors (Lipinski definition) is 2. The van der Waals surface area contributed by atoms with Crippen molar-refractivity contribution in [3.63, 3.8) is 0 Å². The first-order chi connectivity index (χ1) is 15.0. The predicted octanol–water partition coefficient (Wildman–Crippen LogP) is 2.50. The molecule has 8 nitrogen and oxygen atoms in total. The molecule has 2 aromatic rings. The molecule has 0 saturated carbocycles. The van der Waals surface area contributed by atoms with Crippen molar-refractivity contribution in [2.75, 3.05) is 20.3 Å². The summed E-state index contributed by atoms with van der Waals surface area (Å²) in [7, 11) is 1.37. The van der Waals surface area contributed by atoms with Gasteiger partial charge in [0.1, 0.15) is 0 Å². The maximum absolute atomic E-state index is 12.7. The lowest BCUT2D eigenvalue weighted by molar-refractivity contribution is -0.154. The molecule has 166 valence electrons. The number of nitrogens with zero attached hydrogens (tertiary/aromatic N) is 1. The van der Waals surface area contributed by atoms with E-state index in [-0.39, 0.29) is 24.2 Å². The van der Waals surface area contributed by atoms with E-state index in [9.17, 15) is 14.7 Å². The Balaban J connectivity index is 1.63. The molecule has 1 aromatic heterocycles. The van der Waals surface area contributed by atoms with Crippen LogP contribution >= 0.6 is 0 Å². The second kappa shape index (κ2) is 10.8. The molecular formula is C23H28N2O6. The molecule has 1 aliphatic rings. The summed E-state index contributed by atoms with van der Waals surface area (Å²) in [6, 6.07) is 10.6. The predicted molar refractivity (Wildman–Crippen MR) is 113 cm³/mol. The molecule has 0 radical (unpaired) electrons. The van der Waals surface area contributed by atoms with Crippen molar-refractivity contribution in [1.82, 2.24) is 10.3 Å². The molecule has 1 aromatic carbocycles. The van der Waals surface area contributed by atoms with E-state index in [2.05, 4.69) is 22.4 Å². The van der Waals surface area contributed by atoms with Gasteiger partial charge in [-0.3, -0.25) is 4.79 Å². The van der Waals surface area contributed by atoms with Crippen molar-refractivity contribution in [1.29, 1.82) is 0 Å². The zero-order chi connectivity index (χ0) is 22.2. The number of aromatic nitrogens is 1. The molecule has 1 fully saturated rings. The summed E-state index contributed by atoms with van der Waals surface area (Å²) in [5.41, 5.74) is 0.999. The minimum atomic E-state index is -1.01. The molecule has 8 heteroatoms. The van der Waals surface area contributed by atoms with E-state index < -0.39 is 23.7 Å². The third-order valence-corrected chi connectivity index (χ3v) is 5.22. The second-order valence-corrected chi connectivity index (χ2v) is 7.64. The van der Waals surface area contributed by atoms with E-state index in [4.69, 9.17) is 14.2 Å². The lowest BCUT2D eigenvalue weighted by Gasteiger charge is -2.26. The second-order valence-electron chi connectivity index (χ2n) is 7.64. The molecule has 3 atom stereocenters. The van der Waals surface area contributed by atoms with Crippen LogP contribution in [0.4, 0.5) is 0 Å². The zero-order valence-electron chi connectivity index (χ0n) is 17.7. The van der Waals surface area contributed by atoms with Gasteiger partial charge in [-0.15, -0.1) is 0 Å². The summed E-state index contributed by atoms with van der Waals surface area (Å²) < 4.78 is 16.3. The van der Waals surface area contributed by atoms with Crippen LogP contribution in [-0.4, -0.2) is 54.4 Å². The fourth-order valence-electron chi connectivity index (χ4n) is 3.66. The Bertz CT molecular complexity index is 889. The molecule has 3 rings (SSSR count). The first-order valence-electron chi connectivity index (χ1n) is 10.3. The minimum absolute atomic E-state index is 0.0277. The Hall–Kier alpha value is -3.13. The number of carbonyl (C=O) groups excluding carboxylic acids is 2. The average molecular weight is 428 g/mol. The van der Waals surface area contributed by atoms with Gasteiger partial charge in [0.25, 0.3) is 5.91 Å². The van der Waals surface area contributed by atoms with E-state index >= 15 is 0 Å². The van der Waals surface area contributed by atoms with Gasteiger partial charge in [-0.05, 0) is 37.7 Å². The van der Waals surface area contributed by atoms with Gasteiger partial charge in [0.05, 0.1) is 19.8 Å². The number of rotatable bonds is 5. The van der Waals surface area contributed by atoms with Crippen LogP contribution in [0.2, 0.25) is 0 Å². The van der Waals surface area contributed by atoms with Gasteiger partial charge in [0, 0.05) is 18.9 Å². The fourth-order valence-corrected chi connectivity index (χ4v) is 3.66. The van der Waals surface area contributed by atoms with Crippen molar-refractivity contribution in [3.8, 4) is 11.5 Å². The number of amides is 1. The smallest absolute Gasteiger partial charge is 0.331 e. The van der Waals surface area contributed by atoms with Crippen LogP contribution in [0.25, 0.3) is 0 Å². The molecule has 1 aliphatic heterocycles. The van der Waals surface area contributed by atoms with E-state index in [0.29, 0.717) is 18.9 Å². The number of esters is 1. The summed E-state index contributed by atoms with van der Waals surface area (Å²) in [6.07, 6.45) is 3.43. The van der Waals surface area contributed by atoms with Crippen molar-refractivity contribution < 1.29 is 28.9 Å². The van der Waals surface area contributed by atoms with Crippen LogP contribution in [-0.2, 0) is 20.7 Å². The molecule has 0 spiro atoms. The number of ether oxygens (including phenoxy) is 3. The van der Waals surface area contributed by atoms with Gasteiger partial charge in [-0.1, -0.05) is 30.3 Å². The number of cyclic esters (lactones) is 1. The molecule has 2 unspecified atom stereocenters. The lowest BCUT2D eigenvalue weighted by Crippen LogP contribution is -2.46. The molecule has 0 bridgehead atoms. The van der Waals surface area contributed by atoms with Crippen LogP contribution in [0.5, 0.6) is 11.5 Å². The number of hydrogen-bond acceptors (Lipinski definition) is 7. The van der Waals surface area contributed by atoms with Crippen molar-refractivity contribution in [2.45, 2.75) is 38.3 Å². The van der Waals surface area contributed by atoms with Crippen LogP contribution in [0.3, 0.4) is 0 Å². The first kappa shape index (κ1) is 22.6. The van der Waals surface area contributed by atoms with E-state index in [0.717, 1.165) is 12.8 Å². The fraction of sp³-hybridized carbons (Fsp3) is 0.435. The van der Waals surface area contributed by atoms with Gasteiger partial charge in [0.15, 0.2) is 23.2 Å². The number of methoxy groups -OCH3 is 1. The molecule has 2 N–H and O–H groups in total. The highest BCUT2D eigenvalue weighted by atomic mass is 16.5. The summed E-state index contributed by atoms with van der Waals surface area (Å²) >= 11 is 0. The Labute approximate surface area is 181 Å². The molecule has 1 amide bonds. The average Bonchev–Trinajstić information content (AvgIpc) is 2.75. The van der Waals surface area contributed by atoms with Crippen molar-refractivity contribution in [2.24, 2.45) is 5.92 Å². The largest absolute Gasteiger partial charge is 0.503 e. The number of nitrogens with one attached hydrogen (secondary N) is 1. The SMILES string of the molecule is COc1ccnc(C(=O)N[C@H]2COCCC(Cc3ccccc3)CC(C)OC2=O)c1O. The number of aromatic hydroxyl groups is 1. The maximum atomic E-state index is 12.7. The lowest BCUT2D eigenvalue weighted by atomic mass is 9.91. The topological polar surface area (TPSA) is 107 Å².